The third kappa shape index (κ3) is 2.28. The van der Waals surface area contributed by atoms with Crippen molar-refractivity contribution in [3.63, 3.8) is 0 Å². The van der Waals surface area contributed by atoms with E-state index < -0.39 is 0 Å². The Morgan fingerprint density at radius 2 is 2.41 bits per heavy atom. The van der Waals surface area contributed by atoms with E-state index in [1.165, 1.54) is 16.0 Å². The summed E-state index contributed by atoms with van der Waals surface area (Å²) in [7, 11) is 1.70. The van der Waals surface area contributed by atoms with Crippen LogP contribution in [0.3, 0.4) is 0 Å². The van der Waals surface area contributed by atoms with E-state index in [1.54, 1.807) is 20.2 Å². The summed E-state index contributed by atoms with van der Waals surface area (Å²) in [4.78, 5) is 16.0. The average Bonchev–Trinajstić information content (AvgIpc) is 2.86. The Bertz CT molecular complexity index is 531. The number of hydrogen-bond acceptors (Lipinski definition) is 5. The summed E-state index contributed by atoms with van der Waals surface area (Å²) in [5.74, 6) is -0.235. The van der Waals surface area contributed by atoms with Gasteiger partial charge in [0.25, 0.3) is 5.91 Å². The van der Waals surface area contributed by atoms with Gasteiger partial charge >= 0.3 is 0 Å². The van der Waals surface area contributed by atoms with Gasteiger partial charge in [0, 0.05) is 18.6 Å². The number of hydrogen-bond donors (Lipinski definition) is 2. The highest BCUT2D eigenvalue weighted by Crippen LogP contribution is 2.15. The fourth-order valence-electron chi connectivity index (χ4n) is 1.52. The van der Waals surface area contributed by atoms with Gasteiger partial charge in [0.05, 0.1) is 17.9 Å². The van der Waals surface area contributed by atoms with E-state index in [0.29, 0.717) is 23.6 Å². The van der Waals surface area contributed by atoms with Crippen LogP contribution in [0.5, 0.6) is 0 Å². The zero-order valence-corrected chi connectivity index (χ0v) is 10.4. The van der Waals surface area contributed by atoms with Crippen molar-refractivity contribution in [3.8, 4) is 0 Å². The SMILES string of the molecule is Cc1nn(C)c(C(=O)NCc2nccs2)c1N. The van der Waals surface area contributed by atoms with Gasteiger partial charge in [-0.25, -0.2) is 4.98 Å². The number of rotatable bonds is 3. The quantitative estimate of drug-likeness (QED) is 0.840. The maximum Gasteiger partial charge on any atom is 0.272 e. The van der Waals surface area contributed by atoms with E-state index in [-0.39, 0.29) is 5.91 Å². The standard InChI is InChI=1S/C10H13N5OS/c1-6-8(11)9(15(2)14-6)10(16)13-5-7-12-3-4-17-7/h3-4H,5,11H2,1-2H3,(H,13,16). The van der Waals surface area contributed by atoms with Gasteiger partial charge in [-0.1, -0.05) is 0 Å². The minimum atomic E-state index is -0.235. The molecule has 0 unspecified atom stereocenters. The fourth-order valence-corrected chi connectivity index (χ4v) is 2.08. The number of nitrogens with one attached hydrogen (secondary N) is 1. The average molecular weight is 251 g/mol. The van der Waals surface area contributed by atoms with E-state index in [4.69, 9.17) is 5.73 Å². The summed E-state index contributed by atoms with van der Waals surface area (Å²) < 4.78 is 1.49. The number of thiazole rings is 1. The molecule has 1 amide bonds. The molecule has 0 aliphatic heterocycles. The molecule has 7 heteroatoms. The predicted molar refractivity (Wildman–Crippen MR) is 65.6 cm³/mol. The van der Waals surface area contributed by atoms with Gasteiger partial charge in [-0.05, 0) is 6.92 Å². The zero-order valence-electron chi connectivity index (χ0n) is 9.60. The Hall–Kier alpha value is -1.89. The molecule has 0 saturated heterocycles. The second kappa shape index (κ2) is 4.54. The largest absolute Gasteiger partial charge is 0.395 e. The van der Waals surface area contributed by atoms with Gasteiger partial charge in [0.2, 0.25) is 0 Å². The molecule has 3 N–H and O–H groups in total. The molecule has 0 saturated carbocycles. The molecule has 0 aliphatic carbocycles. The van der Waals surface area contributed by atoms with Crippen LogP contribution in [0.2, 0.25) is 0 Å². The molecule has 2 aromatic heterocycles. The van der Waals surface area contributed by atoms with Crippen molar-refractivity contribution in [2.75, 3.05) is 5.73 Å². The molecule has 2 aromatic rings. The first-order chi connectivity index (χ1) is 8.09. The smallest absolute Gasteiger partial charge is 0.272 e. The molecule has 0 atom stereocenters. The Morgan fingerprint density at radius 1 is 1.65 bits per heavy atom. The first kappa shape index (κ1) is 11.6. The predicted octanol–water partition coefficient (Wildman–Crippen LogP) is 0.697. The van der Waals surface area contributed by atoms with Crippen molar-refractivity contribution in [1.82, 2.24) is 20.1 Å². The lowest BCUT2D eigenvalue weighted by atomic mass is 10.3. The molecule has 0 radical (unpaired) electrons. The molecular weight excluding hydrogens is 238 g/mol. The lowest BCUT2D eigenvalue weighted by Gasteiger charge is -2.04. The first-order valence-corrected chi connectivity index (χ1v) is 5.93. The van der Waals surface area contributed by atoms with Crippen LogP contribution >= 0.6 is 11.3 Å². The highest BCUT2D eigenvalue weighted by Gasteiger charge is 2.17. The summed E-state index contributed by atoms with van der Waals surface area (Å²) in [5.41, 5.74) is 7.26. The highest BCUT2D eigenvalue weighted by molar-refractivity contribution is 7.09. The third-order valence-electron chi connectivity index (χ3n) is 2.37. The summed E-state index contributed by atoms with van der Waals surface area (Å²) in [5, 5.41) is 9.58. The maximum absolute atomic E-state index is 11.9. The number of nitrogens with two attached hydrogens (primary N) is 1. The van der Waals surface area contributed by atoms with Crippen LogP contribution in [0.1, 0.15) is 21.2 Å². The molecule has 0 bridgehead atoms. The van der Waals surface area contributed by atoms with Crippen LogP contribution in [-0.2, 0) is 13.6 Å². The molecule has 0 spiro atoms. The Labute approximate surface area is 102 Å². The first-order valence-electron chi connectivity index (χ1n) is 5.05. The van der Waals surface area contributed by atoms with Crippen molar-refractivity contribution in [2.45, 2.75) is 13.5 Å². The van der Waals surface area contributed by atoms with Crippen molar-refractivity contribution >= 4 is 22.9 Å². The molecule has 0 fully saturated rings. The normalized spacial score (nSPS) is 10.5. The van der Waals surface area contributed by atoms with E-state index in [9.17, 15) is 4.79 Å². The summed E-state index contributed by atoms with van der Waals surface area (Å²) in [6.45, 7) is 2.17. The lowest BCUT2D eigenvalue weighted by molar-refractivity contribution is 0.0942. The lowest BCUT2D eigenvalue weighted by Crippen LogP contribution is -2.25. The molecule has 2 heterocycles. The molecule has 0 aromatic carbocycles. The van der Waals surface area contributed by atoms with Crippen molar-refractivity contribution in [2.24, 2.45) is 7.05 Å². The summed E-state index contributed by atoms with van der Waals surface area (Å²) in [6, 6.07) is 0. The van der Waals surface area contributed by atoms with E-state index in [1.807, 2.05) is 5.38 Å². The fraction of sp³-hybridized carbons (Fsp3) is 0.300. The highest BCUT2D eigenvalue weighted by atomic mass is 32.1. The van der Waals surface area contributed by atoms with Crippen LogP contribution < -0.4 is 11.1 Å². The number of carbonyl (C=O) groups excluding carboxylic acids is 1. The van der Waals surface area contributed by atoms with E-state index >= 15 is 0 Å². The van der Waals surface area contributed by atoms with Gasteiger partial charge in [-0.15, -0.1) is 11.3 Å². The van der Waals surface area contributed by atoms with Crippen molar-refractivity contribution in [1.29, 1.82) is 0 Å². The maximum atomic E-state index is 11.9. The number of amides is 1. The second-order valence-corrected chi connectivity index (χ2v) is 4.56. The number of aryl methyl sites for hydroxylation is 2. The van der Waals surface area contributed by atoms with E-state index in [2.05, 4.69) is 15.4 Å². The zero-order chi connectivity index (χ0) is 12.4. The molecular formula is C10H13N5OS. The third-order valence-corrected chi connectivity index (χ3v) is 3.15. The second-order valence-electron chi connectivity index (χ2n) is 3.58. The number of anilines is 1. The molecule has 2 rings (SSSR count). The molecule has 17 heavy (non-hydrogen) atoms. The van der Waals surface area contributed by atoms with Gasteiger partial charge in [-0.2, -0.15) is 5.10 Å². The Balaban J connectivity index is 2.10. The van der Waals surface area contributed by atoms with Gasteiger partial charge in [-0.3, -0.25) is 9.48 Å². The molecule has 0 aliphatic rings. The monoisotopic (exact) mass is 251 g/mol. The van der Waals surface area contributed by atoms with E-state index in [0.717, 1.165) is 5.01 Å². The van der Waals surface area contributed by atoms with Crippen LogP contribution in [0.4, 0.5) is 5.69 Å². The summed E-state index contributed by atoms with van der Waals surface area (Å²) >= 11 is 1.49. The molecule has 6 nitrogen and oxygen atoms in total. The number of carbonyl (C=O) groups is 1. The van der Waals surface area contributed by atoms with Crippen LogP contribution in [0.25, 0.3) is 0 Å². The minimum absolute atomic E-state index is 0.235. The molecule has 90 valence electrons. The van der Waals surface area contributed by atoms with Gasteiger partial charge in [0.1, 0.15) is 10.7 Å². The van der Waals surface area contributed by atoms with Crippen LogP contribution in [0.15, 0.2) is 11.6 Å². The topological polar surface area (TPSA) is 85.8 Å². The van der Waals surface area contributed by atoms with Crippen LogP contribution in [0, 0.1) is 6.92 Å². The van der Waals surface area contributed by atoms with Gasteiger partial charge < -0.3 is 11.1 Å². The number of aromatic nitrogens is 3. The van der Waals surface area contributed by atoms with Crippen molar-refractivity contribution < 1.29 is 4.79 Å². The van der Waals surface area contributed by atoms with Crippen molar-refractivity contribution in [3.05, 3.63) is 28.0 Å². The number of nitrogens with zero attached hydrogens (tertiary/aromatic N) is 3. The van der Waals surface area contributed by atoms with Gasteiger partial charge in [0.15, 0.2) is 0 Å². The number of nitrogen functional groups attached to an aromatic ring is 1. The Kier molecular flexibility index (Phi) is 3.10. The Morgan fingerprint density at radius 3 is 2.94 bits per heavy atom. The summed E-state index contributed by atoms with van der Waals surface area (Å²) in [6.07, 6.45) is 1.70. The van der Waals surface area contributed by atoms with Crippen LogP contribution in [-0.4, -0.2) is 20.7 Å². The minimum Gasteiger partial charge on any atom is -0.395 e.